The van der Waals surface area contributed by atoms with Gasteiger partial charge in [0.2, 0.25) is 0 Å². The van der Waals surface area contributed by atoms with Gasteiger partial charge in [-0.25, -0.2) is 0 Å². The van der Waals surface area contributed by atoms with Gasteiger partial charge in [0.15, 0.2) is 0 Å². The maximum atomic E-state index is 0. The van der Waals surface area contributed by atoms with Crippen molar-refractivity contribution in [2.45, 2.75) is 0 Å². The van der Waals surface area contributed by atoms with Crippen LogP contribution in [0.15, 0.2) is 0 Å². The van der Waals surface area contributed by atoms with Gasteiger partial charge in [0.1, 0.15) is 0 Å². The molecule has 4 N–H and O–H groups in total. The largest absolute Gasteiger partial charge is 0.412 e. The molecule has 0 amide bonds. The SMILES string of the molecule is O.O.[Cu].[Sn]. The number of hydrogen-bond donors (Lipinski definition) is 0. The Morgan fingerprint density at radius 2 is 0.750 bits per heavy atom. The molecule has 0 heterocycles. The van der Waals surface area contributed by atoms with E-state index in [-0.39, 0.29) is 51.9 Å². The van der Waals surface area contributed by atoms with Crippen molar-refractivity contribution in [3.05, 3.63) is 0 Å². The van der Waals surface area contributed by atoms with Gasteiger partial charge in [-0.05, 0) is 0 Å². The van der Waals surface area contributed by atoms with Crippen LogP contribution < -0.4 is 0 Å². The molecule has 0 aliphatic heterocycles. The normalized spacial score (nSPS) is 0. The molecule has 4 heteroatoms. The first-order valence-electron chi connectivity index (χ1n) is 0. The van der Waals surface area contributed by atoms with E-state index < -0.39 is 0 Å². The minimum Gasteiger partial charge on any atom is -0.412 e. The average molecular weight is 218 g/mol. The van der Waals surface area contributed by atoms with Crippen molar-refractivity contribution in [3.63, 3.8) is 0 Å². The van der Waals surface area contributed by atoms with Gasteiger partial charge < -0.3 is 11.0 Å². The van der Waals surface area contributed by atoms with E-state index in [2.05, 4.69) is 0 Å². The van der Waals surface area contributed by atoms with E-state index in [9.17, 15) is 0 Å². The summed E-state index contributed by atoms with van der Waals surface area (Å²) < 4.78 is 0. The molecular formula is H4CuO2Sn. The molecule has 0 fully saturated rings. The smallest absolute Gasteiger partial charge is 0 e. The van der Waals surface area contributed by atoms with Crippen LogP contribution in [0, 0.1) is 0 Å². The summed E-state index contributed by atoms with van der Waals surface area (Å²) in [5, 5.41) is 0. The van der Waals surface area contributed by atoms with Crippen molar-refractivity contribution in [1.29, 1.82) is 0 Å². The fourth-order valence-corrected chi connectivity index (χ4v) is 0. The topological polar surface area (TPSA) is 63.0 Å². The summed E-state index contributed by atoms with van der Waals surface area (Å²) in [5.74, 6) is 0. The monoisotopic (exact) mass is 219 g/mol. The molecule has 2 nitrogen and oxygen atoms in total. The standard InChI is InChI=1S/Cu.2H2O.Sn/h;2*1H2;. The summed E-state index contributed by atoms with van der Waals surface area (Å²) in [6, 6.07) is 0. The molecule has 0 atom stereocenters. The Morgan fingerprint density at radius 3 is 0.750 bits per heavy atom. The van der Waals surface area contributed by atoms with Crippen LogP contribution in [0.3, 0.4) is 0 Å². The van der Waals surface area contributed by atoms with Crippen LogP contribution in [-0.4, -0.2) is 34.9 Å². The molecule has 0 aromatic carbocycles. The maximum absolute atomic E-state index is 0. The quantitative estimate of drug-likeness (QED) is 0.421. The fraction of sp³-hybridized carbons (Fsp3) is 0. The second-order valence-electron chi connectivity index (χ2n) is 0. The van der Waals surface area contributed by atoms with Gasteiger partial charge in [-0.2, -0.15) is 0 Å². The molecule has 0 saturated heterocycles. The molecule has 5 radical (unpaired) electrons. The van der Waals surface area contributed by atoms with Crippen LogP contribution >= 0.6 is 0 Å². The van der Waals surface area contributed by atoms with Crippen molar-refractivity contribution in [2.75, 3.05) is 0 Å². The third kappa shape index (κ3) is 10.6. The van der Waals surface area contributed by atoms with Gasteiger partial charge in [0.05, 0.1) is 0 Å². The van der Waals surface area contributed by atoms with Gasteiger partial charge >= 0.3 is 0 Å². The Hall–Kier alpha value is 1.24. The molecule has 4 heavy (non-hydrogen) atoms. The Balaban J connectivity index is 0. The molecule has 0 bridgehead atoms. The van der Waals surface area contributed by atoms with E-state index >= 15 is 0 Å². The van der Waals surface area contributed by atoms with Crippen LogP contribution in [0.25, 0.3) is 0 Å². The molecular weight excluding hydrogens is 214 g/mol. The van der Waals surface area contributed by atoms with E-state index in [1.807, 2.05) is 0 Å². The average Bonchev–Trinajstić information content (AvgIpc) is 0. The zero-order valence-corrected chi connectivity index (χ0v) is 5.60. The molecule has 0 aromatic heterocycles. The summed E-state index contributed by atoms with van der Waals surface area (Å²) in [6.07, 6.45) is 0. The van der Waals surface area contributed by atoms with Crippen LogP contribution in [0.5, 0.6) is 0 Å². The third-order valence-electron chi connectivity index (χ3n) is 0. The van der Waals surface area contributed by atoms with Gasteiger partial charge in [-0.15, -0.1) is 0 Å². The minimum atomic E-state index is 0. The number of hydrogen-bond acceptors (Lipinski definition) is 0. The molecule has 0 aliphatic carbocycles. The van der Waals surface area contributed by atoms with Gasteiger partial charge in [-0.1, -0.05) is 0 Å². The van der Waals surface area contributed by atoms with Crippen LogP contribution in [-0.2, 0) is 17.1 Å². The van der Waals surface area contributed by atoms with Crippen LogP contribution in [0.4, 0.5) is 0 Å². The van der Waals surface area contributed by atoms with E-state index in [0.717, 1.165) is 0 Å². The predicted molar refractivity (Wildman–Crippen MR) is 13.0 cm³/mol. The first kappa shape index (κ1) is 61.4. The van der Waals surface area contributed by atoms with E-state index in [1.165, 1.54) is 0 Å². The van der Waals surface area contributed by atoms with Crippen molar-refractivity contribution in [2.24, 2.45) is 0 Å². The van der Waals surface area contributed by atoms with Crippen molar-refractivity contribution in [3.8, 4) is 0 Å². The molecule has 0 saturated carbocycles. The number of rotatable bonds is 0. The summed E-state index contributed by atoms with van der Waals surface area (Å²) in [5.41, 5.74) is 0. The maximum Gasteiger partial charge on any atom is 0 e. The van der Waals surface area contributed by atoms with E-state index in [1.54, 1.807) is 0 Å². The Kier molecular flexibility index (Phi) is 445. The first-order valence-corrected chi connectivity index (χ1v) is 0. The van der Waals surface area contributed by atoms with Crippen LogP contribution in [0.2, 0.25) is 0 Å². The minimum absolute atomic E-state index is 0. The molecule has 0 aliphatic rings. The zero-order valence-electron chi connectivity index (χ0n) is 1.80. The molecule has 0 spiro atoms. The van der Waals surface area contributed by atoms with Gasteiger partial charge in [-0.3, -0.25) is 0 Å². The van der Waals surface area contributed by atoms with Crippen molar-refractivity contribution < 1.29 is 28.0 Å². The Morgan fingerprint density at radius 1 is 0.750 bits per heavy atom. The van der Waals surface area contributed by atoms with Crippen molar-refractivity contribution >= 4 is 23.9 Å². The fourth-order valence-electron chi connectivity index (χ4n) is 0. The van der Waals surface area contributed by atoms with Crippen molar-refractivity contribution in [1.82, 2.24) is 0 Å². The molecule has 0 unspecified atom stereocenters. The van der Waals surface area contributed by atoms with Gasteiger partial charge in [0.25, 0.3) is 0 Å². The molecule has 0 aromatic rings. The second-order valence-corrected chi connectivity index (χ2v) is 0. The van der Waals surface area contributed by atoms with Crippen LogP contribution in [0.1, 0.15) is 0 Å². The van der Waals surface area contributed by atoms with Gasteiger partial charge in [0, 0.05) is 41.0 Å². The van der Waals surface area contributed by atoms with E-state index in [0.29, 0.717) is 0 Å². The first-order chi connectivity index (χ1) is 0. The summed E-state index contributed by atoms with van der Waals surface area (Å²) in [6.45, 7) is 0. The molecule has 31 valence electrons. The molecule has 0 rings (SSSR count). The summed E-state index contributed by atoms with van der Waals surface area (Å²) in [4.78, 5) is 0. The zero-order chi connectivity index (χ0) is 0. The predicted octanol–water partition coefficient (Wildman–Crippen LogP) is -2.03. The summed E-state index contributed by atoms with van der Waals surface area (Å²) in [7, 11) is 0. The second kappa shape index (κ2) is 29.0. The Labute approximate surface area is 52.0 Å². The third-order valence-corrected chi connectivity index (χ3v) is 0. The Bertz CT molecular complexity index is 6.00. The van der Waals surface area contributed by atoms with E-state index in [4.69, 9.17) is 0 Å². The summed E-state index contributed by atoms with van der Waals surface area (Å²) >= 11 is 0.